The zero-order valence-electron chi connectivity index (χ0n) is 10.7. The first-order valence-electron chi connectivity index (χ1n) is 5.99. The molecule has 102 valence electrons. The number of hydrogen-bond acceptors (Lipinski definition) is 3. The molecule has 0 aromatic carbocycles. The largest absolute Gasteiger partial charge is 0.470 e. The molecule has 0 N–H and O–H groups in total. The van der Waals surface area contributed by atoms with Crippen LogP contribution in [0.2, 0.25) is 5.02 Å². The Bertz CT molecular complexity index is 758. The summed E-state index contributed by atoms with van der Waals surface area (Å²) in [5, 5.41) is 1.45. The van der Waals surface area contributed by atoms with Crippen LogP contribution in [0.3, 0.4) is 0 Å². The summed E-state index contributed by atoms with van der Waals surface area (Å²) in [7, 11) is 1.93. The summed E-state index contributed by atoms with van der Waals surface area (Å²) in [4.78, 5) is 8.66. The van der Waals surface area contributed by atoms with Crippen molar-refractivity contribution in [3.05, 3.63) is 51.8 Å². The maximum absolute atomic E-state index is 6.21. The lowest BCUT2D eigenvalue weighted by atomic mass is 10.3. The van der Waals surface area contributed by atoms with E-state index in [1.54, 1.807) is 6.20 Å². The molecule has 3 rings (SSSR count). The lowest BCUT2D eigenvalue weighted by Gasteiger charge is -2.07. The van der Waals surface area contributed by atoms with Crippen molar-refractivity contribution >= 4 is 38.6 Å². The minimum Gasteiger partial charge on any atom is -0.470 e. The van der Waals surface area contributed by atoms with Gasteiger partial charge in [-0.25, -0.2) is 0 Å². The van der Waals surface area contributed by atoms with Crippen LogP contribution in [0.4, 0.5) is 0 Å². The van der Waals surface area contributed by atoms with Crippen LogP contribution in [-0.2, 0) is 13.7 Å². The number of nitrogens with zero attached hydrogens (tertiary/aromatic N) is 3. The average molecular weight is 353 g/mol. The third-order valence-electron chi connectivity index (χ3n) is 2.91. The summed E-state index contributed by atoms with van der Waals surface area (Å²) in [5.41, 5.74) is 1.65. The van der Waals surface area contributed by atoms with Crippen LogP contribution in [-0.4, -0.2) is 14.5 Å². The lowest BCUT2D eigenvalue weighted by Crippen LogP contribution is -2.00. The molecule has 0 atom stereocenters. The molecular formula is C14H11BrClN3O. The molecule has 0 bridgehead atoms. The second-order valence-electron chi connectivity index (χ2n) is 4.34. The highest BCUT2D eigenvalue weighted by Crippen LogP contribution is 2.32. The van der Waals surface area contributed by atoms with Crippen molar-refractivity contribution in [2.75, 3.05) is 0 Å². The van der Waals surface area contributed by atoms with E-state index in [-0.39, 0.29) is 0 Å². The highest BCUT2D eigenvalue weighted by Gasteiger charge is 2.12. The Labute approximate surface area is 129 Å². The molecule has 0 aliphatic heterocycles. The molecule has 0 saturated heterocycles. The first-order valence-corrected chi connectivity index (χ1v) is 7.16. The Balaban J connectivity index is 1.91. The van der Waals surface area contributed by atoms with E-state index < -0.39 is 0 Å². The van der Waals surface area contributed by atoms with Gasteiger partial charge in [0, 0.05) is 29.3 Å². The molecule has 0 spiro atoms. The van der Waals surface area contributed by atoms with Crippen molar-refractivity contribution in [2.45, 2.75) is 6.61 Å². The van der Waals surface area contributed by atoms with Crippen LogP contribution in [0, 0.1) is 0 Å². The summed E-state index contributed by atoms with van der Waals surface area (Å²) < 4.78 is 8.54. The molecular weight excluding hydrogens is 342 g/mol. The fraction of sp³-hybridized carbons (Fsp3) is 0.143. The quantitative estimate of drug-likeness (QED) is 0.716. The highest BCUT2D eigenvalue weighted by atomic mass is 79.9. The number of aromatic nitrogens is 3. The molecule has 20 heavy (non-hydrogen) atoms. The second kappa shape index (κ2) is 5.42. The first kappa shape index (κ1) is 13.4. The van der Waals surface area contributed by atoms with E-state index in [4.69, 9.17) is 16.3 Å². The standard InChI is InChI=1S/C14H11BrClN3O/c1-19-7-11(15)10-6-12(16)14(18-13(10)19)20-8-9-4-2-3-5-17-9/h2-7H,8H2,1H3. The number of hydrogen-bond donors (Lipinski definition) is 0. The smallest absolute Gasteiger partial charge is 0.235 e. The third-order valence-corrected chi connectivity index (χ3v) is 3.81. The van der Waals surface area contributed by atoms with E-state index in [0.29, 0.717) is 17.5 Å². The average Bonchev–Trinajstić information content (AvgIpc) is 2.72. The minimum absolute atomic E-state index is 0.338. The number of rotatable bonds is 3. The van der Waals surface area contributed by atoms with Crippen LogP contribution < -0.4 is 4.74 Å². The van der Waals surface area contributed by atoms with Gasteiger partial charge in [0.15, 0.2) is 0 Å². The Hall–Kier alpha value is -1.59. The Morgan fingerprint density at radius 2 is 2.25 bits per heavy atom. The van der Waals surface area contributed by atoms with E-state index in [9.17, 15) is 0 Å². The summed E-state index contributed by atoms with van der Waals surface area (Å²) in [6, 6.07) is 7.52. The van der Waals surface area contributed by atoms with Gasteiger partial charge in [-0.15, -0.1) is 0 Å². The van der Waals surface area contributed by atoms with Crippen molar-refractivity contribution in [1.29, 1.82) is 0 Å². The normalized spacial score (nSPS) is 10.9. The molecule has 4 nitrogen and oxygen atoms in total. The van der Waals surface area contributed by atoms with Gasteiger partial charge in [-0.3, -0.25) is 4.98 Å². The van der Waals surface area contributed by atoms with Crippen LogP contribution in [0.15, 0.2) is 41.1 Å². The van der Waals surface area contributed by atoms with Gasteiger partial charge in [0.05, 0.1) is 5.69 Å². The van der Waals surface area contributed by atoms with Gasteiger partial charge in [-0.2, -0.15) is 4.98 Å². The fourth-order valence-electron chi connectivity index (χ4n) is 1.94. The monoisotopic (exact) mass is 351 g/mol. The van der Waals surface area contributed by atoms with Crippen LogP contribution in [0.5, 0.6) is 5.88 Å². The Morgan fingerprint density at radius 1 is 1.40 bits per heavy atom. The number of halogens is 2. The fourth-order valence-corrected chi connectivity index (χ4v) is 2.74. The molecule has 0 aliphatic rings. The predicted octanol–water partition coefficient (Wildman–Crippen LogP) is 3.96. The third kappa shape index (κ3) is 2.51. The molecule has 3 aromatic rings. The summed E-state index contributed by atoms with van der Waals surface area (Å²) in [5.74, 6) is 0.415. The SMILES string of the molecule is Cn1cc(Br)c2cc(Cl)c(OCc3ccccn3)nc21. The highest BCUT2D eigenvalue weighted by molar-refractivity contribution is 9.10. The van der Waals surface area contributed by atoms with Crippen LogP contribution >= 0.6 is 27.5 Å². The van der Waals surface area contributed by atoms with Gasteiger partial charge < -0.3 is 9.30 Å². The zero-order chi connectivity index (χ0) is 14.1. The molecule has 6 heteroatoms. The van der Waals surface area contributed by atoms with E-state index in [0.717, 1.165) is 21.2 Å². The summed E-state index contributed by atoms with van der Waals surface area (Å²) in [6.07, 6.45) is 3.67. The minimum atomic E-state index is 0.338. The number of fused-ring (bicyclic) bond motifs is 1. The molecule has 0 aliphatic carbocycles. The Morgan fingerprint density at radius 3 is 3.00 bits per heavy atom. The zero-order valence-corrected chi connectivity index (χ0v) is 13.0. The van der Waals surface area contributed by atoms with Gasteiger partial charge in [0.25, 0.3) is 0 Å². The Kier molecular flexibility index (Phi) is 3.63. The number of aryl methyl sites for hydroxylation is 1. The van der Waals surface area contributed by atoms with Gasteiger partial charge in [-0.05, 0) is 34.1 Å². The molecule has 0 radical (unpaired) electrons. The van der Waals surface area contributed by atoms with Crippen molar-refractivity contribution < 1.29 is 4.74 Å². The first-order chi connectivity index (χ1) is 9.65. The summed E-state index contributed by atoms with van der Waals surface area (Å²) >= 11 is 9.69. The number of ether oxygens (including phenoxy) is 1. The van der Waals surface area contributed by atoms with Crippen molar-refractivity contribution in [3.63, 3.8) is 0 Å². The maximum atomic E-state index is 6.21. The summed E-state index contributed by atoms with van der Waals surface area (Å²) in [6.45, 7) is 0.338. The van der Waals surface area contributed by atoms with E-state index >= 15 is 0 Å². The predicted molar refractivity (Wildman–Crippen MR) is 82.0 cm³/mol. The van der Waals surface area contributed by atoms with E-state index in [1.165, 1.54) is 0 Å². The van der Waals surface area contributed by atoms with Gasteiger partial charge in [0.2, 0.25) is 5.88 Å². The molecule has 3 aromatic heterocycles. The van der Waals surface area contributed by atoms with E-state index in [2.05, 4.69) is 25.9 Å². The number of pyridine rings is 2. The van der Waals surface area contributed by atoms with Crippen LogP contribution in [0.1, 0.15) is 5.69 Å². The topological polar surface area (TPSA) is 39.9 Å². The molecule has 0 unspecified atom stereocenters. The van der Waals surface area contributed by atoms with E-state index in [1.807, 2.05) is 42.1 Å². The maximum Gasteiger partial charge on any atom is 0.235 e. The molecule has 0 saturated carbocycles. The van der Waals surface area contributed by atoms with Gasteiger partial charge >= 0.3 is 0 Å². The van der Waals surface area contributed by atoms with Crippen molar-refractivity contribution in [1.82, 2.24) is 14.5 Å². The molecule has 0 fully saturated rings. The van der Waals surface area contributed by atoms with Crippen LogP contribution in [0.25, 0.3) is 11.0 Å². The molecule has 3 heterocycles. The van der Waals surface area contributed by atoms with Crippen molar-refractivity contribution in [3.8, 4) is 5.88 Å². The van der Waals surface area contributed by atoms with Gasteiger partial charge in [0.1, 0.15) is 17.3 Å². The van der Waals surface area contributed by atoms with Crippen molar-refractivity contribution in [2.24, 2.45) is 7.05 Å². The lowest BCUT2D eigenvalue weighted by molar-refractivity contribution is 0.290. The van der Waals surface area contributed by atoms with Gasteiger partial charge in [-0.1, -0.05) is 17.7 Å². The molecule has 0 amide bonds. The second-order valence-corrected chi connectivity index (χ2v) is 5.61.